The zero-order valence-corrected chi connectivity index (χ0v) is 21.0. The lowest BCUT2D eigenvalue weighted by molar-refractivity contribution is 0.415. The average Bonchev–Trinajstić information content (AvgIpc) is 2.84. The second-order valence-corrected chi connectivity index (χ2v) is 9.20. The number of para-hydroxylation sites is 1. The monoisotopic (exact) mass is 499 g/mol. The highest BCUT2D eigenvalue weighted by atomic mass is 35.5. The molecule has 10 heteroatoms. The molecule has 0 bridgehead atoms. The van der Waals surface area contributed by atoms with E-state index in [1.54, 1.807) is 25.3 Å². The Hall–Kier alpha value is -3.33. The topological polar surface area (TPSA) is 78.4 Å². The van der Waals surface area contributed by atoms with Crippen molar-refractivity contribution in [1.82, 2.24) is 15.0 Å². The molecule has 0 unspecified atom stereocenters. The van der Waals surface area contributed by atoms with Gasteiger partial charge in [-0.3, -0.25) is 0 Å². The first-order chi connectivity index (χ1) is 16.9. The van der Waals surface area contributed by atoms with Gasteiger partial charge in [0.1, 0.15) is 11.6 Å². The fraction of sp³-hybridized carbons (Fsp3) is 0.400. The summed E-state index contributed by atoms with van der Waals surface area (Å²) in [5.41, 5.74) is 1.36. The number of methoxy groups -OCH3 is 1. The first-order valence-corrected chi connectivity index (χ1v) is 12.2. The largest absolute Gasteiger partial charge is 0.495 e. The number of rotatable bonds is 9. The van der Waals surface area contributed by atoms with Crippen LogP contribution in [-0.2, 0) is 0 Å². The minimum atomic E-state index is -0.206. The number of hydrogen-bond acceptors (Lipinski definition) is 8. The van der Waals surface area contributed by atoms with Gasteiger partial charge in [0.25, 0.3) is 0 Å². The van der Waals surface area contributed by atoms with E-state index in [2.05, 4.69) is 44.3 Å². The van der Waals surface area contributed by atoms with E-state index < -0.39 is 0 Å². The van der Waals surface area contributed by atoms with E-state index in [1.165, 1.54) is 6.07 Å². The van der Waals surface area contributed by atoms with Crippen molar-refractivity contribution in [3.05, 3.63) is 53.3 Å². The van der Waals surface area contributed by atoms with Gasteiger partial charge in [-0.15, -0.1) is 0 Å². The van der Waals surface area contributed by atoms with E-state index >= 15 is 0 Å². The molecule has 2 heterocycles. The maximum absolute atomic E-state index is 14.2. The van der Waals surface area contributed by atoms with Crippen LogP contribution in [0.15, 0.2) is 42.5 Å². The summed E-state index contributed by atoms with van der Waals surface area (Å²) in [6, 6.07) is 12.3. The Kier molecular flexibility index (Phi) is 8.07. The molecular formula is C25H31ClFN7O. The smallest absolute Gasteiger partial charge is 0.233 e. The van der Waals surface area contributed by atoms with Gasteiger partial charge < -0.3 is 25.2 Å². The second-order valence-electron chi connectivity index (χ2n) is 8.79. The van der Waals surface area contributed by atoms with E-state index in [0.29, 0.717) is 66.4 Å². The minimum absolute atomic E-state index is 0.206. The van der Waals surface area contributed by atoms with Crippen molar-refractivity contribution in [1.29, 1.82) is 0 Å². The SMILES string of the molecule is COc1ccc(Nc2nc(NCCC(C)C)nc(N3CCN(c4ccccc4F)CC3)n2)cc1Cl. The van der Waals surface area contributed by atoms with Crippen molar-refractivity contribution >= 4 is 40.8 Å². The lowest BCUT2D eigenvalue weighted by Gasteiger charge is -2.36. The van der Waals surface area contributed by atoms with E-state index in [1.807, 2.05) is 23.1 Å². The normalized spacial score (nSPS) is 13.8. The number of hydrogen-bond donors (Lipinski definition) is 2. The molecule has 0 aliphatic carbocycles. The van der Waals surface area contributed by atoms with Crippen LogP contribution < -0.4 is 25.2 Å². The molecule has 35 heavy (non-hydrogen) atoms. The van der Waals surface area contributed by atoms with Crippen LogP contribution in [-0.4, -0.2) is 54.8 Å². The van der Waals surface area contributed by atoms with E-state index in [0.717, 1.165) is 18.7 Å². The molecule has 186 valence electrons. The number of halogens is 2. The van der Waals surface area contributed by atoms with Crippen LogP contribution in [0.2, 0.25) is 5.02 Å². The first-order valence-electron chi connectivity index (χ1n) is 11.8. The minimum Gasteiger partial charge on any atom is -0.495 e. The molecule has 8 nitrogen and oxygen atoms in total. The number of nitrogens with one attached hydrogen (secondary N) is 2. The van der Waals surface area contributed by atoms with Gasteiger partial charge in [-0.1, -0.05) is 37.6 Å². The molecule has 0 amide bonds. The average molecular weight is 500 g/mol. The Balaban J connectivity index is 1.52. The summed E-state index contributed by atoms with van der Waals surface area (Å²) in [5.74, 6) is 2.45. The molecule has 0 saturated carbocycles. The van der Waals surface area contributed by atoms with Crippen LogP contribution in [0.4, 0.5) is 33.6 Å². The molecule has 3 aromatic rings. The summed E-state index contributed by atoms with van der Waals surface area (Å²) in [4.78, 5) is 18.0. The van der Waals surface area contributed by atoms with Crippen molar-refractivity contribution < 1.29 is 9.13 Å². The van der Waals surface area contributed by atoms with E-state index in [9.17, 15) is 4.39 Å². The zero-order valence-electron chi connectivity index (χ0n) is 20.3. The second kappa shape index (κ2) is 11.4. The van der Waals surface area contributed by atoms with Gasteiger partial charge in [0.15, 0.2) is 0 Å². The predicted molar refractivity (Wildman–Crippen MR) is 140 cm³/mol. The third kappa shape index (κ3) is 6.42. The molecule has 1 aromatic heterocycles. The fourth-order valence-corrected chi connectivity index (χ4v) is 4.10. The van der Waals surface area contributed by atoms with Gasteiger partial charge in [-0.05, 0) is 42.7 Å². The molecule has 2 aromatic carbocycles. The fourth-order valence-electron chi connectivity index (χ4n) is 3.84. The maximum atomic E-state index is 14.2. The zero-order chi connectivity index (χ0) is 24.8. The number of nitrogens with zero attached hydrogens (tertiary/aromatic N) is 5. The van der Waals surface area contributed by atoms with Crippen LogP contribution in [0, 0.1) is 11.7 Å². The Morgan fingerprint density at radius 3 is 2.40 bits per heavy atom. The van der Waals surface area contributed by atoms with E-state index in [-0.39, 0.29) is 5.82 Å². The van der Waals surface area contributed by atoms with Gasteiger partial charge in [-0.25, -0.2) is 4.39 Å². The standard InChI is InChI=1S/C25H31ClFN7O/c1-17(2)10-11-28-23-30-24(29-18-8-9-22(35-3)19(26)16-18)32-25(31-23)34-14-12-33(13-15-34)21-7-5-4-6-20(21)27/h4-9,16-17H,10-15H2,1-3H3,(H2,28,29,30,31,32). The van der Waals surface area contributed by atoms with Crippen LogP contribution >= 0.6 is 11.6 Å². The number of piperazine rings is 1. The van der Waals surface area contributed by atoms with Gasteiger partial charge >= 0.3 is 0 Å². The molecule has 4 rings (SSSR count). The number of ether oxygens (including phenoxy) is 1. The van der Waals surface area contributed by atoms with Crippen LogP contribution in [0.25, 0.3) is 0 Å². The van der Waals surface area contributed by atoms with Crippen molar-refractivity contribution in [2.75, 3.05) is 60.3 Å². The molecule has 1 saturated heterocycles. The Bertz CT molecular complexity index is 1140. The third-order valence-corrected chi connectivity index (χ3v) is 6.09. The molecule has 0 spiro atoms. The Morgan fingerprint density at radius 1 is 1.00 bits per heavy atom. The number of benzene rings is 2. The molecule has 0 radical (unpaired) electrons. The summed E-state index contributed by atoms with van der Waals surface area (Å²) in [7, 11) is 1.58. The first kappa shape index (κ1) is 24.8. The highest BCUT2D eigenvalue weighted by Crippen LogP contribution is 2.29. The molecule has 1 aliphatic rings. The number of anilines is 5. The van der Waals surface area contributed by atoms with Gasteiger partial charge in [-0.2, -0.15) is 15.0 Å². The quantitative estimate of drug-likeness (QED) is 0.416. The molecule has 1 fully saturated rings. The summed E-state index contributed by atoms with van der Waals surface area (Å²) in [6.45, 7) is 7.77. The third-order valence-electron chi connectivity index (χ3n) is 5.79. The van der Waals surface area contributed by atoms with Crippen LogP contribution in [0.3, 0.4) is 0 Å². The van der Waals surface area contributed by atoms with Crippen LogP contribution in [0.5, 0.6) is 5.75 Å². The van der Waals surface area contributed by atoms with Crippen molar-refractivity contribution in [3.63, 3.8) is 0 Å². The van der Waals surface area contributed by atoms with Crippen molar-refractivity contribution in [2.45, 2.75) is 20.3 Å². The lowest BCUT2D eigenvalue weighted by Crippen LogP contribution is -2.47. The van der Waals surface area contributed by atoms with Crippen molar-refractivity contribution in [3.8, 4) is 5.75 Å². The molecule has 0 atom stereocenters. The highest BCUT2D eigenvalue weighted by molar-refractivity contribution is 6.32. The maximum Gasteiger partial charge on any atom is 0.233 e. The number of aromatic nitrogens is 3. The Labute approximate surface area is 210 Å². The molecule has 2 N–H and O–H groups in total. The van der Waals surface area contributed by atoms with Crippen molar-refractivity contribution in [2.24, 2.45) is 5.92 Å². The summed E-state index contributed by atoms with van der Waals surface area (Å²) >= 11 is 6.28. The summed E-state index contributed by atoms with van der Waals surface area (Å²) in [5, 5.41) is 7.04. The predicted octanol–water partition coefficient (Wildman–Crippen LogP) is 5.20. The molecule has 1 aliphatic heterocycles. The van der Waals surface area contributed by atoms with Gasteiger partial charge in [0, 0.05) is 38.4 Å². The van der Waals surface area contributed by atoms with Gasteiger partial charge in [0.2, 0.25) is 17.8 Å². The summed E-state index contributed by atoms with van der Waals surface area (Å²) < 4.78 is 19.5. The lowest BCUT2D eigenvalue weighted by atomic mass is 10.1. The molecular weight excluding hydrogens is 469 g/mol. The van der Waals surface area contributed by atoms with E-state index in [4.69, 9.17) is 16.3 Å². The van der Waals surface area contributed by atoms with Crippen LogP contribution in [0.1, 0.15) is 20.3 Å². The highest BCUT2D eigenvalue weighted by Gasteiger charge is 2.22. The Morgan fingerprint density at radius 2 is 1.71 bits per heavy atom. The summed E-state index contributed by atoms with van der Waals surface area (Å²) in [6.07, 6.45) is 0.999. The van der Waals surface area contributed by atoms with Gasteiger partial charge in [0.05, 0.1) is 17.8 Å².